The normalized spacial score (nSPS) is 19.3. The summed E-state index contributed by atoms with van der Waals surface area (Å²) in [5.74, 6) is -0.0163. The molecule has 2 aromatic heterocycles. The van der Waals surface area contributed by atoms with Crippen LogP contribution in [-0.2, 0) is 22.4 Å². The average Bonchev–Trinajstić information content (AvgIpc) is 3.37. The van der Waals surface area contributed by atoms with Gasteiger partial charge in [0, 0.05) is 47.9 Å². The first-order valence-electron chi connectivity index (χ1n) is 12.2. The van der Waals surface area contributed by atoms with Crippen molar-refractivity contribution in [2.45, 2.75) is 59.8 Å². The van der Waals surface area contributed by atoms with E-state index < -0.39 is 0 Å². The fraction of sp³-hybridized carbons (Fsp3) is 0.519. The van der Waals surface area contributed by atoms with Crippen molar-refractivity contribution in [3.05, 3.63) is 35.5 Å². The third-order valence-corrected chi connectivity index (χ3v) is 7.60. The van der Waals surface area contributed by atoms with Crippen LogP contribution in [0.3, 0.4) is 0 Å². The number of benzene rings is 1. The average molecular weight is 462 g/mol. The van der Waals surface area contributed by atoms with Gasteiger partial charge >= 0.3 is 0 Å². The molecule has 2 N–H and O–H groups in total. The second-order valence-electron chi connectivity index (χ2n) is 11.7. The van der Waals surface area contributed by atoms with E-state index >= 15 is 0 Å². The predicted octanol–water partition coefficient (Wildman–Crippen LogP) is 4.68. The van der Waals surface area contributed by atoms with Gasteiger partial charge in [-0.05, 0) is 54.7 Å². The minimum absolute atomic E-state index is 0.0491. The van der Waals surface area contributed by atoms with Crippen LogP contribution in [-0.4, -0.2) is 52.0 Å². The lowest BCUT2D eigenvalue weighted by molar-refractivity contribution is -0.140. The molecule has 0 bridgehead atoms. The van der Waals surface area contributed by atoms with Crippen LogP contribution in [0.4, 0.5) is 5.69 Å². The Balaban J connectivity index is 1.36. The molecule has 1 aromatic carbocycles. The molecule has 0 radical (unpaired) electrons. The van der Waals surface area contributed by atoms with Crippen LogP contribution in [0, 0.1) is 10.8 Å². The van der Waals surface area contributed by atoms with Gasteiger partial charge in [-0.3, -0.25) is 14.7 Å². The van der Waals surface area contributed by atoms with Crippen molar-refractivity contribution in [1.82, 2.24) is 20.1 Å². The second-order valence-corrected chi connectivity index (χ2v) is 11.7. The molecule has 1 aliphatic carbocycles. The number of H-pyrrole nitrogens is 2. The van der Waals surface area contributed by atoms with Gasteiger partial charge in [-0.15, -0.1) is 0 Å². The number of hydrogen-bond donors (Lipinski definition) is 2. The van der Waals surface area contributed by atoms with Gasteiger partial charge < -0.3 is 14.8 Å². The van der Waals surface area contributed by atoms with Crippen molar-refractivity contribution in [3.8, 4) is 11.4 Å². The third-order valence-electron chi connectivity index (χ3n) is 7.60. The summed E-state index contributed by atoms with van der Waals surface area (Å²) in [5, 5.41) is 8.99. The molecule has 0 atom stereocenters. The zero-order chi connectivity index (χ0) is 24.3. The molecule has 5 rings (SSSR count). The molecule has 0 spiro atoms. The zero-order valence-electron chi connectivity index (χ0n) is 20.9. The van der Waals surface area contributed by atoms with Crippen LogP contribution >= 0.6 is 0 Å². The van der Waals surface area contributed by atoms with Crippen LogP contribution in [0.2, 0.25) is 0 Å². The molecular formula is C27H35N5O2. The number of nitrogens with zero attached hydrogens (tertiary/aromatic N) is 3. The molecule has 0 saturated carbocycles. The molecule has 0 unspecified atom stereocenters. The summed E-state index contributed by atoms with van der Waals surface area (Å²) in [6, 6.07) is 8.13. The van der Waals surface area contributed by atoms with E-state index in [9.17, 15) is 9.59 Å². The van der Waals surface area contributed by atoms with Crippen LogP contribution in [0.5, 0.6) is 0 Å². The van der Waals surface area contributed by atoms with Gasteiger partial charge in [-0.2, -0.15) is 5.10 Å². The van der Waals surface area contributed by atoms with Crippen LogP contribution in [0.25, 0.3) is 22.3 Å². The van der Waals surface area contributed by atoms with E-state index in [0.717, 1.165) is 53.7 Å². The second kappa shape index (κ2) is 8.00. The minimum atomic E-state index is -0.0823. The van der Waals surface area contributed by atoms with Crippen molar-refractivity contribution in [1.29, 1.82) is 0 Å². The highest BCUT2D eigenvalue weighted by Gasteiger charge is 2.33. The standard InChI is InChI=1S/C27H35N5O2/c1-26(2)10-8-19-22(14-26)29-30-25(19)21-12-17-6-7-18(13-20(17)28-21)31(5)24(34)15-32-16-27(3,4)11-9-23(32)33/h6-7,12-13,28H,8-11,14-16H2,1-5H3,(H,29,30). The van der Waals surface area contributed by atoms with E-state index in [0.29, 0.717) is 18.4 Å². The van der Waals surface area contributed by atoms with E-state index in [-0.39, 0.29) is 23.8 Å². The van der Waals surface area contributed by atoms with Crippen molar-refractivity contribution < 1.29 is 9.59 Å². The Bertz CT molecular complexity index is 1270. The van der Waals surface area contributed by atoms with E-state index in [1.807, 2.05) is 18.2 Å². The number of aromatic amines is 2. The minimum Gasteiger partial charge on any atom is -0.353 e. The summed E-state index contributed by atoms with van der Waals surface area (Å²) in [4.78, 5) is 32.2. The Morgan fingerprint density at radius 2 is 1.88 bits per heavy atom. The number of nitrogens with one attached hydrogen (secondary N) is 2. The number of fused-ring (bicyclic) bond motifs is 2. The summed E-state index contributed by atoms with van der Waals surface area (Å²) in [6.45, 7) is 9.64. The lowest BCUT2D eigenvalue weighted by Crippen LogP contribution is -2.48. The maximum atomic E-state index is 13.0. The van der Waals surface area contributed by atoms with Crippen LogP contribution in [0.1, 0.15) is 58.2 Å². The Morgan fingerprint density at radius 1 is 1.12 bits per heavy atom. The van der Waals surface area contributed by atoms with Crippen molar-refractivity contribution in [2.24, 2.45) is 10.8 Å². The van der Waals surface area contributed by atoms with Gasteiger partial charge in [0.15, 0.2) is 0 Å². The van der Waals surface area contributed by atoms with Gasteiger partial charge in [0.1, 0.15) is 12.2 Å². The first-order chi connectivity index (χ1) is 16.0. The first-order valence-corrected chi connectivity index (χ1v) is 12.2. The molecule has 180 valence electrons. The van der Waals surface area contributed by atoms with E-state index in [4.69, 9.17) is 0 Å². The summed E-state index contributed by atoms with van der Waals surface area (Å²) in [5.41, 5.74) is 6.68. The fourth-order valence-electron chi connectivity index (χ4n) is 5.37. The number of likely N-dealkylation sites (N-methyl/N-ethyl adjacent to an activating group) is 1. The van der Waals surface area contributed by atoms with E-state index in [1.165, 1.54) is 11.3 Å². The maximum absolute atomic E-state index is 13.0. The number of piperidine rings is 1. The summed E-state index contributed by atoms with van der Waals surface area (Å²) < 4.78 is 0. The molecule has 3 heterocycles. The van der Waals surface area contributed by atoms with Crippen molar-refractivity contribution in [3.63, 3.8) is 0 Å². The molecular weight excluding hydrogens is 426 g/mol. The molecule has 2 amide bonds. The van der Waals surface area contributed by atoms with Gasteiger partial charge in [0.2, 0.25) is 11.8 Å². The Hall–Kier alpha value is -3.09. The number of carbonyl (C=O) groups is 2. The molecule has 7 heteroatoms. The SMILES string of the molecule is CN(C(=O)CN1CC(C)(C)CCC1=O)c1ccc2cc(-c3n[nH]c4c3CCC(C)(C)C4)[nH]c2c1. The first kappa shape index (κ1) is 22.7. The summed E-state index contributed by atoms with van der Waals surface area (Å²) in [7, 11) is 1.78. The Kier molecular flexibility index (Phi) is 5.34. The maximum Gasteiger partial charge on any atom is 0.246 e. The predicted molar refractivity (Wildman–Crippen MR) is 135 cm³/mol. The quantitative estimate of drug-likeness (QED) is 0.591. The van der Waals surface area contributed by atoms with Crippen molar-refractivity contribution >= 4 is 28.4 Å². The van der Waals surface area contributed by atoms with Gasteiger partial charge in [0.05, 0.1) is 5.69 Å². The number of aromatic nitrogens is 3. The Morgan fingerprint density at radius 3 is 2.68 bits per heavy atom. The summed E-state index contributed by atoms with van der Waals surface area (Å²) in [6.07, 6.45) is 4.58. The van der Waals surface area contributed by atoms with Crippen LogP contribution in [0.15, 0.2) is 24.3 Å². The molecule has 2 aliphatic rings. The molecule has 7 nitrogen and oxygen atoms in total. The number of rotatable bonds is 4. The molecule has 1 saturated heterocycles. The lowest BCUT2D eigenvalue weighted by atomic mass is 9.76. The zero-order valence-corrected chi connectivity index (χ0v) is 20.9. The summed E-state index contributed by atoms with van der Waals surface area (Å²) >= 11 is 0. The highest BCUT2D eigenvalue weighted by molar-refractivity contribution is 5.98. The largest absolute Gasteiger partial charge is 0.353 e. The number of hydrogen-bond acceptors (Lipinski definition) is 3. The lowest BCUT2D eigenvalue weighted by Gasteiger charge is -2.38. The van der Waals surface area contributed by atoms with Crippen LogP contribution < -0.4 is 4.90 Å². The molecule has 3 aromatic rings. The smallest absolute Gasteiger partial charge is 0.246 e. The highest BCUT2D eigenvalue weighted by atomic mass is 16.2. The topological polar surface area (TPSA) is 85.1 Å². The van der Waals surface area contributed by atoms with E-state index in [2.05, 4.69) is 48.9 Å². The molecule has 1 fully saturated rings. The molecule has 34 heavy (non-hydrogen) atoms. The fourth-order valence-corrected chi connectivity index (χ4v) is 5.37. The highest BCUT2D eigenvalue weighted by Crippen LogP contribution is 2.38. The third kappa shape index (κ3) is 4.24. The van der Waals surface area contributed by atoms with Gasteiger partial charge in [-0.1, -0.05) is 33.8 Å². The monoisotopic (exact) mass is 461 g/mol. The van der Waals surface area contributed by atoms with Gasteiger partial charge in [0.25, 0.3) is 0 Å². The number of carbonyl (C=O) groups excluding carboxylic acids is 2. The number of likely N-dealkylation sites (tertiary alicyclic amines) is 1. The number of amides is 2. The Labute approximate surface area is 200 Å². The van der Waals surface area contributed by atoms with E-state index in [1.54, 1.807) is 16.8 Å². The molecule has 1 aliphatic heterocycles. The number of anilines is 1. The van der Waals surface area contributed by atoms with Crippen molar-refractivity contribution in [2.75, 3.05) is 25.0 Å². The van der Waals surface area contributed by atoms with Gasteiger partial charge in [-0.25, -0.2) is 0 Å².